The van der Waals surface area contributed by atoms with Crippen molar-refractivity contribution in [2.45, 2.75) is 45.7 Å². The molecule has 1 heterocycles. The van der Waals surface area contributed by atoms with Gasteiger partial charge in [0, 0.05) is 12.1 Å². The van der Waals surface area contributed by atoms with Crippen molar-refractivity contribution < 1.29 is 4.42 Å². The van der Waals surface area contributed by atoms with E-state index in [1.165, 1.54) is 0 Å². The molecule has 0 amide bonds. The van der Waals surface area contributed by atoms with Crippen molar-refractivity contribution in [2.24, 2.45) is 5.73 Å². The highest BCUT2D eigenvalue weighted by Gasteiger charge is 2.27. The second kappa shape index (κ2) is 5.51. The van der Waals surface area contributed by atoms with E-state index in [2.05, 4.69) is 25.8 Å². The third kappa shape index (κ3) is 3.09. The van der Waals surface area contributed by atoms with Crippen LogP contribution in [0.2, 0.25) is 0 Å². The summed E-state index contributed by atoms with van der Waals surface area (Å²) in [6, 6.07) is 4.04. The van der Waals surface area contributed by atoms with Gasteiger partial charge in [-0.25, -0.2) is 0 Å². The maximum Gasteiger partial charge on any atom is 0.118 e. The molecule has 0 aromatic carbocycles. The molecule has 2 N–H and O–H groups in total. The van der Waals surface area contributed by atoms with Gasteiger partial charge in [-0.1, -0.05) is 13.3 Å². The van der Waals surface area contributed by atoms with Crippen molar-refractivity contribution in [1.82, 2.24) is 4.90 Å². The van der Waals surface area contributed by atoms with Gasteiger partial charge in [0.2, 0.25) is 0 Å². The van der Waals surface area contributed by atoms with Gasteiger partial charge >= 0.3 is 0 Å². The van der Waals surface area contributed by atoms with Crippen LogP contribution in [0.5, 0.6) is 0 Å². The zero-order valence-electron chi connectivity index (χ0n) is 10.9. The normalized spacial score (nSPS) is 15.4. The van der Waals surface area contributed by atoms with Gasteiger partial charge < -0.3 is 10.2 Å². The molecule has 0 saturated carbocycles. The SMILES string of the molecule is CCCC(C)(CN)N(C)Cc1ccc(C)o1. The minimum atomic E-state index is 0.0649. The second-order valence-corrected chi connectivity index (χ2v) is 4.82. The van der Waals surface area contributed by atoms with Crippen LogP contribution < -0.4 is 5.73 Å². The largest absolute Gasteiger partial charge is 0.465 e. The third-order valence-electron chi connectivity index (χ3n) is 3.34. The molecule has 1 atom stereocenters. The minimum absolute atomic E-state index is 0.0649. The molecule has 16 heavy (non-hydrogen) atoms. The van der Waals surface area contributed by atoms with Gasteiger partial charge in [-0.3, -0.25) is 4.90 Å². The standard InChI is InChI=1S/C13H24N2O/c1-5-8-13(3,10-14)15(4)9-12-7-6-11(2)16-12/h6-7H,5,8-10,14H2,1-4H3. The van der Waals surface area contributed by atoms with Crippen molar-refractivity contribution in [3.8, 4) is 0 Å². The Morgan fingerprint density at radius 3 is 2.56 bits per heavy atom. The van der Waals surface area contributed by atoms with E-state index in [1.54, 1.807) is 0 Å². The first-order valence-corrected chi connectivity index (χ1v) is 5.98. The molecule has 1 aromatic rings. The quantitative estimate of drug-likeness (QED) is 0.807. The second-order valence-electron chi connectivity index (χ2n) is 4.82. The Kier molecular flexibility index (Phi) is 4.56. The Bertz CT molecular complexity index is 321. The van der Waals surface area contributed by atoms with Gasteiger partial charge in [-0.15, -0.1) is 0 Å². The highest BCUT2D eigenvalue weighted by atomic mass is 16.3. The first-order chi connectivity index (χ1) is 7.51. The molecule has 1 unspecified atom stereocenters. The highest BCUT2D eigenvalue weighted by Crippen LogP contribution is 2.21. The Morgan fingerprint density at radius 2 is 2.12 bits per heavy atom. The molecular formula is C13H24N2O. The van der Waals surface area contributed by atoms with Crippen molar-refractivity contribution in [1.29, 1.82) is 0 Å². The van der Waals surface area contributed by atoms with E-state index < -0.39 is 0 Å². The average Bonchev–Trinajstić information content (AvgIpc) is 2.64. The summed E-state index contributed by atoms with van der Waals surface area (Å²) in [6.45, 7) is 7.88. The van der Waals surface area contributed by atoms with Gasteiger partial charge in [0.05, 0.1) is 6.54 Å². The number of furan rings is 1. The molecule has 0 aliphatic carbocycles. The van der Waals surface area contributed by atoms with Crippen LogP contribution in [0.25, 0.3) is 0 Å². The summed E-state index contributed by atoms with van der Waals surface area (Å²) in [5.41, 5.74) is 5.95. The average molecular weight is 224 g/mol. The lowest BCUT2D eigenvalue weighted by molar-refractivity contribution is 0.116. The number of rotatable bonds is 6. The van der Waals surface area contributed by atoms with E-state index in [-0.39, 0.29) is 5.54 Å². The Morgan fingerprint density at radius 1 is 1.44 bits per heavy atom. The van der Waals surface area contributed by atoms with E-state index in [0.717, 1.165) is 30.9 Å². The van der Waals surface area contributed by atoms with Crippen LogP contribution in [0.15, 0.2) is 16.5 Å². The van der Waals surface area contributed by atoms with Crippen molar-refractivity contribution in [2.75, 3.05) is 13.6 Å². The van der Waals surface area contributed by atoms with E-state index in [4.69, 9.17) is 10.2 Å². The lowest BCUT2D eigenvalue weighted by atomic mass is 9.94. The highest BCUT2D eigenvalue weighted by molar-refractivity contribution is 5.06. The fourth-order valence-electron chi connectivity index (χ4n) is 1.98. The van der Waals surface area contributed by atoms with Crippen LogP contribution in [0.1, 0.15) is 38.2 Å². The van der Waals surface area contributed by atoms with Crippen LogP contribution in [0.3, 0.4) is 0 Å². The zero-order valence-corrected chi connectivity index (χ0v) is 10.9. The number of nitrogens with zero attached hydrogens (tertiary/aromatic N) is 1. The maximum absolute atomic E-state index is 5.88. The van der Waals surface area contributed by atoms with Gasteiger partial charge in [0.1, 0.15) is 11.5 Å². The molecule has 0 aliphatic heterocycles. The number of likely N-dealkylation sites (N-methyl/N-ethyl adjacent to an activating group) is 1. The van der Waals surface area contributed by atoms with Crippen molar-refractivity contribution in [3.05, 3.63) is 23.7 Å². The molecule has 3 nitrogen and oxygen atoms in total. The van der Waals surface area contributed by atoms with E-state index >= 15 is 0 Å². The first kappa shape index (κ1) is 13.3. The Hall–Kier alpha value is -0.800. The molecule has 3 heteroatoms. The molecule has 0 fully saturated rings. The van der Waals surface area contributed by atoms with E-state index in [0.29, 0.717) is 6.54 Å². The fourth-order valence-corrected chi connectivity index (χ4v) is 1.98. The summed E-state index contributed by atoms with van der Waals surface area (Å²) in [5, 5.41) is 0. The molecule has 1 aromatic heterocycles. The molecular weight excluding hydrogens is 200 g/mol. The predicted molar refractivity (Wildman–Crippen MR) is 67.3 cm³/mol. The number of hydrogen-bond donors (Lipinski definition) is 1. The first-order valence-electron chi connectivity index (χ1n) is 5.98. The van der Waals surface area contributed by atoms with E-state index in [9.17, 15) is 0 Å². The smallest absolute Gasteiger partial charge is 0.118 e. The van der Waals surface area contributed by atoms with Gasteiger partial charge in [0.25, 0.3) is 0 Å². The molecule has 0 saturated heterocycles. The third-order valence-corrected chi connectivity index (χ3v) is 3.34. The lowest BCUT2D eigenvalue weighted by Crippen LogP contribution is -2.49. The van der Waals surface area contributed by atoms with Gasteiger partial charge in [-0.05, 0) is 39.4 Å². The summed E-state index contributed by atoms with van der Waals surface area (Å²) >= 11 is 0. The van der Waals surface area contributed by atoms with E-state index in [1.807, 2.05) is 19.1 Å². The Balaban J connectivity index is 2.65. The molecule has 1 rings (SSSR count). The summed E-state index contributed by atoms with van der Waals surface area (Å²) in [6.07, 6.45) is 2.26. The van der Waals surface area contributed by atoms with Gasteiger partial charge in [-0.2, -0.15) is 0 Å². The fraction of sp³-hybridized carbons (Fsp3) is 0.692. The molecule has 92 valence electrons. The van der Waals surface area contributed by atoms with Crippen molar-refractivity contribution in [3.63, 3.8) is 0 Å². The molecule has 0 aliphatic rings. The number of hydrogen-bond acceptors (Lipinski definition) is 3. The van der Waals surface area contributed by atoms with Crippen LogP contribution in [0.4, 0.5) is 0 Å². The Labute approximate surface area is 98.6 Å². The van der Waals surface area contributed by atoms with Gasteiger partial charge in [0.15, 0.2) is 0 Å². The number of aryl methyl sites for hydroxylation is 1. The van der Waals surface area contributed by atoms with Crippen LogP contribution >= 0.6 is 0 Å². The maximum atomic E-state index is 5.88. The predicted octanol–water partition coefficient (Wildman–Crippen LogP) is 2.54. The topological polar surface area (TPSA) is 42.4 Å². The number of nitrogens with two attached hydrogens (primary N) is 1. The monoisotopic (exact) mass is 224 g/mol. The van der Waals surface area contributed by atoms with Crippen LogP contribution in [-0.2, 0) is 6.54 Å². The summed E-state index contributed by atoms with van der Waals surface area (Å²) in [4.78, 5) is 2.29. The summed E-state index contributed by atoms with van der Waals surface area (Å²) in [7, 11) is 2.11. The molecule has 0 spiro atoms. The van der Waals surface area contributed by atoms with Crippen LogP contribution in [-0.4, -0.2) is 24.0 Å². The molecule has 0 bridgehead atoms. The molecule has 0 radical (unpaired) electrons. The van der Waals surface area contributed by atoms with Crippen LogP contribution in [0, 0.1) is 6.92 Å². The summed E-state index contributed by atoms with van der Waals surface area (Å²) < 4.78 is 5.59. The van der Waals surface area contributed by atoms with Crippen molar-refractivity contribution >= 4 is 0 Å². The zero-order chi connectivity index (χ0) is 12.2. The minimum Gasteiger partial charge on any atom is -0.465 e. The lowest BCUT2D eigenvalue weighted by Gasteiger charge is -2.37. The summed E-state index contributed by atoms with van der Waals surface area (Å²) in [5.74, 6) is 1.98.